The summed E-state index contributed by atoms with van der Waals surface area (Å²) in [5.74, 6) is 0.286. The first-order valence-electron chi connectivity index (χ1n) is 11.0. The lowest BCUT2D eigenvalue weighted by molar-refractivity contribution is 0.0984. The Kier molecular flexibility index (Phi) is 7.04. The lowest BCUT2D eigenvalue weighted by Crippen LogP contribution is -2.03. The highest BCUT2D eigenvalue weighted by Gasteiger charge is 2.08. The second kappa shape index (κ2) is 10.5. The molecule has 0 aliphatic heterocycles. The predicted octanol–water partition coefficient (Wildman–Crippen LogP) is 6.32. The highest BCUT2D eigenvalue weighted by Crippen LogP contribution is 2.14. The molecule has 0 amide bonds. The number of hydrogen-bond acceptors (Lipinski definition) is 2. The van der Waals surface area contributed by atoms with Gasteiger partial charge in [0.15, 0.2) is 11.6 Å². The van der Waals surface area contributed by atoms with Crippen LogP contribution in [0.5, 0.6) is 0 Å². The van der Waals surface area contributed by atoms with Gasteiger partial charge in [0.2, 0.25) is 0 Å². The van der Waals surface area contributed by atoms with Crippen LogP contribution in [0.3, 0.4) is 0 Å². The molecule has 0 bridgehead atoms. The van der Waals surface area contributed by atoms with Crippen molar-refractivity contribution in [3.63, 3.8) is 0 Å². The number of ketones is 2. The van der Waals surface area contributed by atoms with Gasteiger partial charge < -0.3 is 0 Å². The smallest absolute Gasteiger partial charge is 0.167 e. The third-order valence-electron chi connectivity index (χ3n) is 5.67. The van der Waals surface area contributed by atoms with Crippen LogP contribution in [-0.2, 0) is 25.7 Å². The summed E-state index contributed by atoms with van der Waals surface area (Å²) in [7, 11) is 0. The van der Waals surface area contributed by atoms with E-state index in [4.69, 9.17) is 0 Å². The van der Waals surface area contributed by atoms with Gasteiger partial charge in [-0.2, -0.15) is 0 Å². The zero-order valence-corrected chi connectivity index (χ0v) is 18.0. The standard InChI is InChI=1S/C30H26O2/c31-29(27-7-3-1-4-8-27)21-25-17-13-23(14-18-25)11-12-24-15-19-26(20-16-24)22-30(32)28-9-5-2-6-10-28/h1-10,13-20H,11-12,21-22H2. The Bertz CT molecular complexity index is 1060. The van der Waals surface area contributed by atoms with Gasteiger partial charge in [-0.3, -0.25) is 9.59 Å². The molecule has 32 heavy (non-hydrogen) atoms. The monoisotopic (exact) mass is 418 g/mol. The molecule has 0 aromatic heterocycles. The summed E-state index contributed by atoms with van der Waals surface area (Å²) in [4.78, 5) is 24.7. The minimum absolute atomic E-state index is 0.143. The molecule has 0 saturated carbocycles. The van der Waals surface area contributed by atoms with E-state index >= 15 is 0 Å². The number of carbonyl (C=O) groups is 2. The largest absolute Gasteiger partial charge is 0.294 e. The van der Waals surface area contributed by atoms with Gasteiger partial charge in [0.1, 0.15) is 0 Å². The average molecular weight is 419 g/mol. The lowest BCUT2D eigenvalue weighted by atomic mass is 9.98. The Balaban J connectivity index is 1.28. The van der Waals surface area contributed by atoms with Crippen LogP contribution in [0.15, 0.2) is 109 Å². The maximum Gasteiger partial charge on any atom is 0.167 e. The maximum absolute atomic E-state index is 12.4. The normalized spacial score (nSPS) is 10.6. The minimum atomic E-state index is 0.143. The highest BCUT2D eigenvalue weighted by molar-refractivity contribution is 5.98. The second-order valence-electron chi connectivity index (χ2n) is 8.06. The molecule has 0 aliphatic rings. The van der Waals surface area contributed by atoms with E-state index in [1.165, 1.54) is 11.1 Å². The van der Waals surface area contributed by atoms with Crippen molar-refractivity contribution >= 4 is 11.6 Å². The van der Waals surface area contributed by atoms with Gasteiger partial charge in [0.25, 0.3) is 0 Å². The number of rotatable bonds is 9. The molecule has 2 nitrogen and oxygen atoms in total. The third kappa shape index (κ3) is 5.89. The van der Waals surface area contributed by atoms with Crippen LogP contribution in [0.25, 0.3) is 0 Å². The molecule has 4 aromatic carbocycles. The zero-order chi connectivity index (χ0) is 22.2. The first-order chi connectivity index (χ1) is 15.7. The molecule has 0 aliphatic carbocycles. The van der Waals surface area contributed by atoms with Crippen LogP contribution >= 0.6 is 0 Å². The summed E-state index contributed by atoms with van der Waals surface area (Å²) < 4.78 is 0. The fourth-order valence-corrected chi connectivity index (χ4v) is 3.76. The number of aryl methyl sites for hydroxylation is 2. The van der Waals surface area contributed by atoms with Gasteiger partial charge >= 0.3 is 0 Å². The van der Waals surface area contributed by atoms with Crippen LogP contribution in [0.2, 0.25) is 0 Å². The van der Waals surface area contributed by atoms with Crippen LogP contribution in [0, 0.1) is 0 Å². The van der Waals surface area contributed by atoms with Gasteiger partial charge in [0.05, 0.1) is 0 Å². The quantitative estimate of drug-likeness (QED) is 0.298. The fraction of sp³-hybridized carbons (Fsp3) is 0.133. The van der Waals surface area contributed by atoms with Crippen molar-refractivity contribution in [1.82, 2.24) is 0 Å². The van der Waals surface area contributed by atoms with Crippen molar-refractivity contribution in [3.8, 4) is 0 Å². The van der Waals surface area contributed by atoms with E-state index in [9.17, 15) is 9.59 Å². The summed E-state index contributed by atoms with van der Waals surface area (Å²) in [6, 6.07) is 35.5. The van der Waals surface area contributed by atoms with Crippen molar-refractivity contribution in [3.05, 3.63) is 143 Å². The summed E-state index contributed by atoms with van der Waals surface area (Å²) in [6.07, 6.45) is 2.73. The molecule has 0 radical (unpaired) electrons. The Labute approximate surface area is 189 Å². The van der Waals surface area contributed by atoms with Crippen molar-refractivity contribution in [1.29, 1.82) is 0 Å². The van der Waals surface area contributed by atoms with Gasteiger partial charge in [-0.05, 0) is 35.1 Å². The van der Waals surface area contributed by atoms with Crippen LogP contribution in [0.4, 0.5) is 0 Å². The van der Waals surface area contributed by atoms with Crippen LogP contribution in [0.1, 0.15) is 43.0 Å². The SMILES string of the molecule is O=C(Cc1ccc(CCc2ccc(CC(=O)c3ccccc3)cc2)cc1)c1ccccc1. The molecule has 0 N–H and O–H groups in total. The average Bonchev–Trinajstić information content (AvgIpc) is 2.85. The minimum Gasteiger partial charge on any atom is -0.294 e. The number of hydrogen-bond donors (Lipinski definition) is 0. The van der Waals surface area contributed by atoms with Crippen molar-refractivity contribution in [2.45, 2.75) is 25.7 Å². The number of benzene rings is 4. The molecule has 0 spiro atoms. The highest BCUT2D eigenvalue weighted by atomic mass is 16.1. The number of carbonyl (C=O) groups excluding carboxylic acids is 2. The Morgan fingerprint density at radius 2 is 0.719 bits per heavy atom. The van der Waals surface area contributed by atoms with E-state index in [1.54, 1.807) is 0 Å². The second-order valence-corrected chi connectivity index (χ2v) is 8.06. The Hall–Kier alpha value is -3.78. The van der Waals surface area contributed by atoms with Crippen LogP contribution < -0.4 is 0 Å². The molecule has 0 heterocycles. The van der Waals surface area contributed by atoms with Gasteiger partial charge in [-0.1, -0.05) is 109 Å². The molecule has 0 fully saturated rings. The van der Waals surface area contributed by atoms with Gasteiger partial charge in [0, 0.05) is 24.0 Å². The van der Waals surface area contributed by atoms with E-state index in [0.29, 0.717) is 12.8 Å². The molecule has 4 rings (SSSR count). The molecule has 0 unspecified atom stereocenters. The van der Waals surface area contributed by atoms with Crippen molar-refractivity contribution in [2.75, 3.05) is 0 Å². The predicted molar refractivity (Wildman–Crippen MR) is 129 cm³/mol. The number of Topliss-reactive ketones (excluding diaryl/α,β-unsaturated/α-hetero) is 2. The molecule has 4 aromatic rings. The lowest BCUT2D eigenvalue weighted by Gasteiger charge is -2.06. The molecule has 0 saturated heterocycles. The van der Waals surface area contributed by atoms with E-state index in [1.807, 2.05) is 60.7 Å². The van der Waals surface area contributed by atoms with E-state index < -0.39 is 0 Å². The Morgan fingerprint density at radius 3 is 1.06 bits per heavy atom. The Morgan fingerprint density at radius 1 is 0.406 bits per heavy atom. The summed E-state index contributed by atoms with van der Waals surface area (Å²) in [5, 5.41) is 0. The van der Waals surface area contributed by atoms with Gasteiger partial charge in [-0.15, -0.1) is 0 Å². The maximum atomic E-state index is 12.4. The fourth-order valence-electron chi connectivity index (χ4n) is 3.76. The molecular formula is C30H26O2. The van der Waals surface area contributed by atoms with Gasteiger partial charge in [-0.25, -0.2) is 0 Å². The van der Waals surface area contributed by atoms with E-state index in [-0.39, 0.29) is 11.6 Å². The summed E-state index contributed by atoms with van der Waals surface area (Å²) in [6.45, 7) is 0. The molecule has 158 valence electrons. The summed E-state index contributed by atoms with van der Waals surface area (Å²) >= 11 is 0. The summed E-state index contributed by atoms with van der Waals surface area (Å²) in [5.41, 5.74) is 6.09. The van der Waals surface area contributed by atoms with Crippen molar-refractivity contribution < 1.29 is 9.59 Å². The zero-order valence-electron chi connectivity index (χ0n) is 18.0. The van der Waals surface area contributed by atoms with Crippen LogP contribution in [-0.4, -0.2) is 11.6 Å². The molecule has 2 heteroatoms. The van der Waals surface area contributed by atoms with Crippen molar-refractivity contribution in [2.24, 2.45) is 0 Å². The van der Waals surface area contributed by atoms with E-state index in [2.05, 4.69) is 48.5 Å². The third-order valence-corrected chi connectivity index (χ3v) is 5.67. The topological polar surface area (TPSA) is 34.1 Å². The molecular weight excluding hydrogens is 392 g/mol. The molecule has 0 atom stereocenters. The first-order valence-corrected chi connectivity index (χ1v) is 11.0. The first kappa shape index (κ1) is 21.5. The van der Waals surface area contributed by atoms with E-state index in [0.717, 1.165) is 35.1 Å².